The van der Waals surface area contributed by atoms with Gasteiger partial charge in [0.05, 0.1) is 0 Å². The lowest BCUT2D eigenvalue weighted by Gasteiger charge is -2.32. The second-order valence-corrected chi connectivity index (χ2v) is 5.50. The smallest absolute Gasteiger partial charge is 0.0101 e. The van der Waals surface area contributed by atoms with Crippen molar-refractivity contribution in [2.24, 2.45) is 29.4 Å². The van der Waals surface area contributed by atoms with E-state index in [-0.39, 0.29) is 0 Å². The molecule has 0 aromatic heterocycles. The summed E-state index contributed by atoms with van der Waals surface area (Å²) in [6, 6.07) is 0.822. The molecule has 5 atom stereocenters. The zero-order valence-corrected chi connectivity index (χ0v) is 8.91. The first-order valence-electron chi connectivity index (χ1n) is 6.33. The standard InChI is InChI=1S/C12H22N2/c13-4-5-14-12-7-8-6-11(12)10-3-1-2-9(8)10/h8-12,14H,1-7,13H2. The van der Waals surface area contributed by atoms with Gasteiger partial charge in [-0.25, -0.2) is 0 Å². The maximum Gasteiger partial charge on any atom is 0.0101 e. The molecule has 3 aliphatic carbocycles. The third-order valence-electron chi connectivity index (χ3n) is 4.98. The van der Waals surface area contributed by atoms with Gasteiger partial charge in [0.15, 0.2) is 0 Å². The Kier molecular flexibility index (Phi) is 2.29. The molecule has 0 saturated heterocycles. The van der Waals surface area contributed by atoms with Gasteiger partial charge in [-0.3, -0.25) is 0 Å². The number of hydrogen-bond donors (Lipinski definition) is 2. The predicted octanol–water partition coefficient (Wildman–Crippen LogP) is 1.36. The van der Waals surface area contributed by atoms with Gasteiger partial charge in [-0.2, -0.15) is 0 Å². The van der Waals surface area contributed by atoms with Crippen molar-refractivity contribution in [3.05, 3.63) is 0 Å². The largest absolute Gasteiger partial charge is 0.329 e. The number of hydrogen-bond acceptors (Lipinski definition) is 2. The molecule has 80 valence electrons. The van der Waals surface area contributed by atoms with Gasteiger partial charge in [-0.1, -0.05) is 6.42 Å². The van der Waals surface area contributed by atoms with Crippen LogP contribution in [0.1, 0.15) is 32.1 Å². The van der Waals surface area contributed by atoms with Crippen LogP contribution >= 0.6 is 0 Å². The van der Waals surface area contributed by atoms with E-state index in [0.717, 1.165) is 42.8 Å². The van der Waals surface area contributed by atoms with Gasteiger partial charge in [0, 0.05) is 19.1 Å². The quantitative estimate of drug-likeness (QED) is 0.712. The number of rotatable bonds is 3. The van der Waals surface area contributed by atoms with Gasteiger partial charge in [0.1, 0.15) is 0 Å². The molecular weight excluding hydrogens is 172 g/mol. The van der Waals surface area contributed by atoms with Crippen LogP contribution in [-0.4, -0.2) is 19.1 Å². The van der Waals surface area contributed by atoms with Crippen molar-refractivity contribution < 1.29 is 0 Å². The van der Waals surface area contributed by atoms with Crippen molar-refractivity contribution in [3.63, 3.8) is 0 Å². The molecule has 0 aliphatic heterocycles. The summed E-state index contributed by atoms with van der Waals surface area (Å²) in [5.74, 6) is 4.29. The Morgan fingerprint density at radius 3 is 2.79 bits per heavy atom. The van der Waals surface area contributed by atoms with Crippen LogP contribution in [0.3, 0.4) is 0 Å². The molecule has 2 bridgehead atoms. The Bertz CT molecular complexity index is 216. The first-order chi connectivity index (χ1) is 6.90. The molecule has 0 aromatic rings. The third-order valence-corrected chi connectivity index (χ3v) is 4.98. The molecule has 3 rings (SSSR count). The highest BCUT2D eigenvalue weighted by Gasteiger charge is 2.53. The number of fused-ring (bicyclic) bond motifs is 5. The molecule has 14 heavy (non-hydrogen) atoms. The average molecular weight is 194 g/mol. The second-order valence-electron chi connectivity index (χ2n) is 5.50. The minimum atomic E-state index is 0.794. The lowest BCUT2D eigenvalue weighted by Crippen LogP contribution is -2.41. The molecule has 0 amide bonds. The number of nitrogens with two attached hydrogens (primary N) is 1. The Balaban J connectivity index is 1.65. The Morgan fingerprint density at radius 1 is 1.07 bits per heavy atom. The van der Waals surface area contributed by atoms with Gasteiger partial charge < -0.3 is 11.1 Å². The fourth-order valence-electron chi connectivity index (χ4n) is 4.57. The summed E-state index contributed by atoms with van der Waals surface area (Å²) in [6.07, 6.45) is 7.54. The van der Waals surface area contributed by atoms with Gasteiger partial charge in [0.2, 0.25) is 0 Å². The van der Waals surface area contributed by atoms with Crippen molar-refractivity contribution in [3.8, 4) is 0 Å². The molecule has 0 radical (unpaired) electrons. The van der Waals surface area contributed by atoms with Crippen LogP contribution in [0.25, 0.3) is 0 Å². The second kappa shape index (κ2) is 3.49. The minimum absolute atomic E-state index is 0.794. The van der Waals surface area contributed by atoms with Gasteiger partial charge in [-0.05, 0) is 49.4 Å². The normalized spacial score (nSPS) is 49.9. The van der Waals surface area contributed by atoms with Crippen LogP contribution in [0.4, 0.5) is 0 Å². The fraction of sp³-hybridized carbons (Fsp3) is 1.00. The van der Waals surface area contributed by atoms with E-state index in [2.05, 4.69) is 5.32 Å². The first-order valence-corrected chi connectivity index (χ1v) is 6.33. The van der Waals surface area contributed by atoms with Gasteiger partial charge >= 0.3 is 0 Å². The Morgan fingerprint density at radius 2 is 1.93 bits per heavy atom. The van der Waals surface area contributed by atoms with Crippen molar-refractivity contribution >= 4 is 0 Å². The molecule has 2 heteroatoms. The highest BCUT2D eigenvalue weighted by Crippen LogP contribution is 2.58. The van der Waals surface area contributed by atoms with E-state index in [1.807, 2.05) is 0 Å². The first kappa shape index (κ1) is 9.17. The van der Waals surface area contributed by atoms with E-state index in [9.17, 15) is 0 Å². The van der Waals surface area contributed by atoms with Crippen LogP contribution < -0.4 is 11.1 Å². The lowest BCUT2D eigenvalue weighted by atomic mass is 9.79. The van der Waals surface area contributed by atoms with Crippen LogP contribution in [0, 0.1) is 23.7 Å². The maximum atomic E-state index is 5.55. The zero-order chi connectivity index (χ0) is 9.54. The summed E-state index contributed by atoms with van der Waals surface area (Å²) in [4.78, 5) is 0. The molecule has 3 N–H and O–H groups in total. The van der Waals surface area contributed by atoms with Crippen LogP contribution in [0.5, 0.6) is 0 Å². The van der Waals surface area contributed by atoms with Gasteiger partial charge in [-0.15, -0.1) is 0 Å². The highest BCUT2D eigenvalue weighted by molar-refractivity contribution is 5.05. The molecule has 3 aliphatic rings. The van der Waals surface area contributed by atoms with Crippen LogP contribution in [-0.2, 0) is 0 Å². The zero-order valence-electron chi connectivity index (χ0n) is 8.91. The minimum Gasteiger partial charge on any atom is -0.329 e. The van der Waals surface area contributed by atoms with Crippen molar-refractivity contribution in [2.45, 2.75) is 38.1 Å². The van der Waals surface area contributed by atoms with Crippen molar-refractivity contribution in [2.75, 3.05) is 13.1 Å². The molecule has 2 nitrogen and oxygen atoms in total. The third kappa shape index (κ3) is 1.24. The van der Waals surface area contributed by atoms with E-state index < -0.39 is 0 Å². The van der Waals surface area contributed by atoms with Crippen LogP contribution in [0.2, 0.25) is 0 Å². The molecule has 3 saturated carbocycles. The SMILES string of the molecule is NCCNC1CC2CC1C1CCCC21. The molecule has 0 heterocycles. The molecular formula is C12H22N2. The van der Waals surface area contributed by atoms with Crippen molar-refractivity contribution in [1.29, 1.82) is 0 Å². The average Bonchev–Trinajstić information content (AvgIpc) is 2.85. The molecule has 0 aromatic carbocycles. The monoisotopic (exact) mass is 194 g/mol. The summed E-state index contributed by atoms with van der Waals surface area (Å²) in [5.41, 5.74) is 5.55. The molecule has 0 spiro atoms. The summed E-state index contributed by atoms with van der Waals surface area (Å²) >= 11 is 0. The van der Waals surface area contributed by atoms with E-state index in [0.29, 0.717) is 0 Å². The molecule has 5 unspecified atom stereocenters. The van der Waals surface area contributed by atoms with Crippen molar-refractivity contribution in [1.82, 2.24) is 5.32 Å². The van der Waals surface area contributed by atoms with E-state index >= 15 is 0 Å². The van der Waals surface area contributed by atoms with E-state index in [1.165, 1.54) is 32.1 Å². The fourth-order valence-corrected chi connectivity index (χ4v) is 4.57. The molecule has 3 fully saturated rings. The predicted molar refractivity (Wildman–Crippen MR) is 57.9 cm³/mol. The van der Waals surface area contributed by atoms with E-state index in [1.54, 1.807) is 0 Å². The van der Waals surface area contributed by atoms with Gasteiger partial charge in [0.25, 0.3) is 0 Å². The summed E-state index contributed by atoms with van der Waals surface area (Å²) in [5, 5.41) is 3.65. The van der Waals surface area contributed by atoms with Crippen LogP contribution in [0.15, 0.2) is 0 Å². The Labute approximate surface area is 86.6 Å². The lowest BCUT2D eigenvalue weighted by molar-refractivity contribution is 0.210. The highest BCUT2D eigenvalue weighted by atomic mass is 15.0. The summed E-state index contributed by atoms with van der Waals surface area (Å²) < 4.78 is 0. The van der Waals surface area contributed by atoms with E-state index in [4.69, 9.17) is 5.73 Å². The summed E-state index contributed by atoms with van der Waals surface area (Å²) in [7, 11) is 0. The number of nitrogens with one attached hydrogen (secondary N) is 1. The Hall–Kier alpha value is -0.0800. The topological polar surface area (TPSA) is 38.0 Å². The summed E-state index contributed by atoms with van der Waals surface area (Å²) in [6.45, 7) is 1.81. The maximum absolute atomic E-state index is 5.55.